The number of ether oxygens (including phenoxy) is 1. The summed E-state index contributed by atoms with van der Waals surface area (Å²) in [5.41, 5.74) is 1.51. The van der Waals surface area contributed by atoms with E-state index < -0.39 is 6.10 Å². The molecule has 2 aromatic carbocycles. The van der Waals surface area contributed by atoms with Gasteiger partial charge < -0.3 is 9.84 Å². The summed E-state index contributed by atoms with van der Waals surface area (Å²) >= 11 is 8.36. The van der Waals surface area contributed by atoms with Crippen LogP contribution in [-0.2, 0) is 0 Å². The van der Waals surface area contributed by atoms with Gasteiger partial charge in [-0.2, -0.15) is 0 Å². The molecule has 2 aromatic rings. The second-order valence-corrected chi connectivity index (χ2v) is 5.50. The standard InChI is InChI=1S/C14H12ClIO2/c1-18-11-5-6-12(13(15)8-11)14(17)9-3-2-4-10(16)7-9/h2-8,14,17H,1H3. The molecule has 0 spiro atoms. The highest BCUT2D eigenvalue weighted by Crippen LogP contribution is 2.31. The molecule has 4 heteroatoms. The van der Waals surface area contributed by atoms with E-state index in [1.165, 1.54) is 0 Å². The van der Waals surface area contributed by atoms with Gasteiger partial charge in [-0.15, -0.1) is 0 Å². The van der Waals surface area contributed by atoms with Crippen LogP contribution in [0.25, 0.3) is 0 Å². The predicted octanol–water partition coefficient (Wildman–Crippen LogP) is 4.03. The highest BCUT2D eigenvalue weighted by Gasteiger charge is 2.14. The maximum absolute atomic E-state index is 10.3. The summed E-state index contributed by atoms with van der Waals surface area (Å²) in [6.45, 7) is 0. The fourth-order valence-electron chi connectivity index (χ4n) is 1.71. The molecule has 1 N–H and O–H groups in total. The molecule has 0 saturated carbocycles. The van der Waals surface area contributed by atoms with Crippen LogP contribution in [0, 0.1) is 3.57 Å². The van der Waals surface area contributed by atoms with Crippen LogP contribution in [0.2, 0.25) is 5.02 Å². The minimum absolute atomic E-state index is 0.501. The Morgan fingerprint density at radius 1 is 1.22 bits per heavy atom. The molecule has 94 valence electrons. The number of hydrogen-bond donors (Lipinski definition) is 1. The maximum Gasteiger partial charge on any atom is 0.120 e. The second kappa shape index (κ2) is 5.91. The van der Waals surface area contributed by atoms with Crippen molar-refractivity contribution in [3.8, 4) is 5.75 Å². The molecule has 0 aliphatic rings. The summed E-state index contributed by atoms with van der Waals surface area (Å²) < 4.78 is 6.16. The predicted molar refractivity (Wildman–Crippen MR) is 81.2 cm³/mol. The number of methoxy groups -OCH3 is 1. The highest BCUT2D eigenvalue weighted by molar-refractivity contribution is 14.1. The molecule has 0 bridgehead atoms. The van der Waals surface area contributed by atoms with Gasteiger partial charge in [-0.05, 0) is 52.4 Å². The van der Waals surface area contributed by atoms with E-state index in [1.807, 2.05) is 24.3 Å². The third-order valence-electron chi connectivity index (χ3n) is 2.67. The Morgan fingerprint density at radius 2 is 2.00 bits per heavy atom. The van der Waals surface area contributed by atoms with Gasteiger partial charge in [-0.1, -0.05) is 29.8 Å². The van der Waals surface area contributed by atoms with Gasteiger partial charge in [0.2, 0.25) is 0 Å². The van der Waals surface area contributed by atoms with E-state index in [0.29, 0.717) is 16.3 Å². The second-order valence-electron chi connectivity index (χ2n) is 3.84. The average Bonchev–Trinajstić information content (AvgIpc) is 2.37. The van der Waals surface area contributed by atoms with Crippen LogP contribution >= 0.6 is 34.2 Å². The number of benzene rings is 2. The van der Waals surface area contributed by atoms with Crippen molar-refractivity contribution in [3.05, 3.63) is 62.2 Å². The Hall–Kier alpha value is -0.780. The first kappa shape index (κ1) is 13.6. The molecule has 0 radical (unpaired) electrons. The molecule has 0 saturated heterocycles. The Balaban J connectivity index is 2.37. The number of aliphatic hydroxyl groups excluding tert-OH is 1. The molecular formula is C14H12ClIO2. The quantitative estimate of drug-likeness (QED) is 0.822. The van der Waals surface area contributed by atoms with Crippen molar-refractivity contribution in [2.45, 2.75) is 6.10 Å². The summed E-state index contributed by atoms with van der Waals surface area (Å²) in [6.07, 6.45) is -0.724. The minimum atomic E-state index is -0.724. The average molecular weight is 375 g/mol. The molecule has 2 rings (SSSR count). The van der Waals surface area contributed by atoms with Crippen LogP contribution in [0.4, 0.5) is 0 Å². The molecule has 1 unspecified atom stereocenters. The van der Waals surface area contributed by atoms with Gasteiger partial charge in [0.25, 0.3) is 0 Å². The lowest BCUT2D eigenvalue weighted by Gasteiger charge is -2.14. The van der Waals surface area contributed by atoms with Crippen LogP contribution in [0.1, 0.15) is 17.2 Å². The summed E-state index contributed by atoms with van der Waals surface area (Å²) in [5, 5.41) is 10.8. The van der Waals surface area contributed by atoms with E-state index in [4.69, 9.17) is 16.3 Å². The zero-order valence-corrected chi connectivity index (χ0v) is 12.6. The Morgan fingerprint density at radius 3 is 2.61 bits per heavy atom. The third-order valence-corrected chi connectivity index (χ3v) is 3.66. The minimum Gasteiger partial charge on any atom is -0.497 e. The molecule has 0 aliphatic carbocycles. The fraction of sp³-hybridized carbons (Fsp3) is 0.143. The van der Waals surface area contributed by atoms with Gasteiger partial charge in [-0.25, -0.2) is 0 Å². The Bertz CT molecular complexity index is 557. The normalized spacial score (nSPS) is 12.2. The molecular weight excluding hydrogens is 363 g/mol. The molecule has 18 heavy (non-hydrogen) atoms. The topological polar surface area (TPSA) is 29.5 Å². The zero-order valence-electron chi connectivity index (χ0n) is 9.73. The highest BCUT2D eigenvalue weighted by atomic mass is 127. The van der Waals surface area contributed by atoms with Crippen LogP contribution in [0.15, 0.2) is 42.5 Å². The van der Waals surface area contributed by atoms with Crippen molar-refractivity contribution in [2.24, 2.45) is 0 Å². The number of aliphatic hydroxyl groups is 1. The van der Waals surface area contributed by atoms with Gasteiger partial charge in [0, 0.05) is 9.13 Å². The van der Waals surface area contributed by atoms with Gasteiger partial charge in [0.1, 0.15) is 11.9 Å². The Labute approximate surface area is 125 Å². The summed E-state index contributed by atoms with van der Waals surface area (Å²) in [6, 6.07) is 13.0. The lowest BCUT2D eigenvalue weighted by atomic mass is 10.0. The van der Waals surface area contributed by atoms with E-state index in [1.54, 1.807) is 25.3 Å². The molecule has 0 aliphatic heterocycles. The first-order valence-corrected chi connectivity index (χ1v) is 6.84. The van der Waals surface area contributed by atoms with Gasteiger partial charge in [0.05, 0.1) is 12.1 Å². The van der Waals surface area contributed by atoms with Crippen molar-refractivity contribution in [2.75, 3.05) is 7.11 Å². The van der Waals surface area contributed by atoms with Crippen molar-refractivity contribution in [1.82, 2.24) is 0 Å². The van der Waals surface area contributed by atoms with E-state index in [9.17, 15) is 5.11 Å². The largest absolute Gasteiger partial charge is 0.497 e. The number of hydrogen-bond acceptors (Lipinski definition) is 2. The molecule has 2 nitrogen and oxygen atoms in total. The maximum atomic E-state index is 10.3. The molecule has 0 aromatic heterocycles. The summed E-state index contributed by atoms with van der Waals surface area (Å²) in [4.78, 5) is 0. The van der Waals surface area contributed by atoms with Crippen LogP contribution < -0.4 is 4.74 Å². The van der Waals surface area contributed by atoms with Crippen molar-refractivity contribution in [3.63, 3.8) is 0 Å². The lowest BCUT2D eigenvalue weighted by molar-refractivity contribution is 0.220. The van der Waals surface area contributed by atoms with E-state index >= 15 is 0 Å². The van der Waals surface area contributed by atoms with E-state index in [-0.39, 0.29) is 0 Å². The zero-order chi connectivity index (χ0) is 13.1. The molecule has 1 atom stereocenters. The number of rotatable bonds is 3. The fourth-order valence-corrected chi connectivity index (χ4v) is 2.55. The van der Waals surface area contributed by atoms with Gasteiger partial charge in [-0.3, -0.25) is 0 Å². The molecule has 0 heterocycles. The van der Waals surface area contributed by atoms with Crippen LogP contribution in [0.3, 0.4) is 0 Å². The van der Waals surface area contributed by atoms with Gasteiger partial charge in [0.15, 0.2) is 0 Å². The Kier molecular flexibility index (Phi) is 4.48. The first-order valence-electron chi connectivity index (χ1n) is 5.39. The molecule has 0 amide bonds. The van der Waals surface area contributed by atoms with Crippen LogP contribution in [-0.4, -0.2) is 12.2 Å². The summed E-state index contributed by atoms with van der Waals surface area (Å²) in [7, 11) is 1.58. The van der Waals surface area contributed by atoms with Crippen molar-refractivity contribution < 1.29 is 9.84 Å². The lowest BCUT2D eigenvalue weighted by Crippen LogP contribution is -2.01. The number of halogens is 2. The van der Waals surface area contributed by atoms with Crippen molar-refractivity contribution >= 4 is 34.2 Å². The monoisotopic (exact) mass is 374 g/mol. The van der Waals surface area contributed by atoms with Gasteiger partial charge >= 0.3 is 0 Å². The van der Waals surface area contributed by atoms with Crippen LogP contribution in [0.5, 0.6) is 5.75 Å². The SMILES string of the molecule is COc1ccc(C(O)c2cccc(I)c2)c(Cl)c1. The first-order chi connectivity index (χ1) is 8.61. The smallest absolute Gasteiger partial charge is 0.120 e. The third kappa shape index (κ3) is 2.96. The van der Waals surface area contributed by atoms with E-state index in [2.05, 4.69) is 22.6 Å². The molecule has 0 fully saturated rings. The summed E-state index contributed by atoms with van der Waals surface area (Å²) in [5.74, 6) is 0.679. The van der Waals surface area contributed by atoms with E-state index in [0.717, 1.165) is 9.13 Å². The van der Waals surface area contributed by atoms with Crippen molar-refractivity contribution in [1.29, 1.82) is 0 Å².